The molecular formula is C10H15N3O3. The summed E-state index contributed by atoms with van der Waals surface area (Å²) in [6.07, 6.45) is 2.08. The lowest BCUT2D eigenvalue weighted by Crippen LogP contribution is -2.30. The van der Waals surface area contributed by atoms with Gasteiger partial charge < -0.3 is 19.9 Å². The van der Waals surface area contributed by atoms with Gasteiger partial charge in [0, 0.05) is 6.54 Å². The van der Waals surface area contributed by atoms with Gasteiger partial charge in [-0.15, -0.1) is 0 Å². The van der Waals surface area contributed by atoms with Crippen LogP contribution in [0.3, 0.4) is 0 Å². The van der Waals surface area contributed by atoms with Gasteiger partial charge in [-0.3, -0.25) is 0 Å². The molecule has 1 aromatic rings. The number of methoxy groups -OCH3 is 2. The summed E-state index contributed by atoms with van der Waals surface area (Å²) in [7, 11) is 3.01. The van der Waals surface area contributed by atoms with Crippen molar-refractivity contribution in [1.29, 1.82) is 0 Å². The van der Waals surface area contributed by atoms with Crippen molar-refractivity contribution in [2.75, 3.05) is 27.3 Å². The van der Waals surface area contributed by atoms with Gasteiger partial charge in [0.05, 0.1) is 20.4 Å². The topological polar surface area (TPSA) is 76.5 Å². The summed E-state index contributed by atoms with van der Waals surface area (Å²) in [6, 6.07) is 0. The number of nitrogens with zero attached hydrogens (tertiary/aromatic N) is 2. The highest BCUT2D eigenvalue weighted by atomic mass is 16.5. The van der Waals surface area contributed by atoms with Crippen molar-refractivity contribution in [1.82, 2.24) is 15.3 Å². The molecule has 0 aliphatic carbocycles. The maximum atomic E-state index is 10.4. The Hall–Kier alpha value is -1.40. The van der Waals surface area contributed by atoms with Gasteiger partial charge in [-0.25, -0.2) is 4.98 Å². The summed E-state index contributed by atoms with van der Waals surface area (Å²) < 4.78 is 10.1. The van der Waals surface area contributed by atoms with E-state index in [2.05, 4.69) is 15.3 Å². The number of hydrogen-bond donors (Lipinski definition) is 2. The molecule has 2 heterocycles. The first-order chi connectivity index (χ1) is 7.69. The summed E-state index contributed by atoms with van der Waals surface area (Å²) in [5, 5.41) is 13.4. The van der Waals surface area contributed by atoms with E-state index in [-0.39, 0.29) is 0 Å². The first-order valence-electron chi connectivity index (χ1n) is 5.08. The summed E-state index contributed by atoms with van der Waals surface area (Å²) in [4.78, 5) is 8.28. The van der Waals surface area contributed by atoms with Gasteiger partial charge in [0.2, 0.25) is 11.8 Å². The fourth-order valence-electron chi connectivity index (χ4n) is 1.80. The molecule has 0 amide bonds. The molecule has 16 heavy (non-hydrogen) atoms. The van der Waals surface area contributed by atoms with Crippen LogP contribution in [0.1, 0.15) is 12.1 Å². The van der Waals surface area contributed by atoms with Gasteiger partial charge >= 0.3 is 0 Å². The summed E-state index contributed by atoms with van der Waals surface area (Å²) >= 11 is 0. The second-order valence-electron chi connectivity index (χ2n) is 3.73. The fourth-order valence-corrected chi connectivity index (χ4v) is 1.80. The zero-order valence-corrected chi connectivity index (χ0v) is 9.36. The van der Waals surface area contributed by atoms with Crippen LogP contribution < -0.4 is 14.8 Å². The van der Waals surface area contributed by atoms with Crippen molar-refractivity contribution in [3.8, 4) is 11.8 Å². The van der Waals surface area contributed by atoms with Gasteiger partial charge in [0.15, 0.2) is 0 Å². The van der Waals surface area contributed by atoms with Crippen LogP contribution in [0, 0.1) is 0 Å². The molecule has 1 aromatic heterocycles. The first kappa shape index (κ1) is 11.1. The third-order valence-electron chi connectivity index (χ3n) is 2.69. The maximum Gasteiger partial charge on any atom is 0.241 e. The number of nitrogens with one attached hydrogen (secondary N) is 1. The molecule has 0 spiro atoms. The highest BCUT2D eigenvalue weighted by molar-refractivity contribution is 5.29. The van der Waals surface area contributed by atoms with Crippen LogP contribution in [-0.2, 0) is 5.60 Å². The Bertz CT molecular complexity index is 378. The first-order valence-corrected chi connectivity index (χ1v) is 5.08. The number of β-amino-alcohol motifs (C(OH)–C–C–N with tert-alkyl or cyclic N) is 1. The smallest absolute Gasteiger partial charge is 0.241 e. The Morgan fingerprint density at radius 1 is 1.44 bits per heavy atom. The van der Waals surface area contributed by atoms with E-state index >= 15 is 0 Å². The molecule has 2 rings (SSSR count). The van der Waals surface area contributed by atoms with Crippen molar-refractivity contribution < 1.29 is 14.6 Å². The Balaban J connectivity index is 2.39. The maximum absolute atomic E-state index is 10.4. The molecule has 6 heteroatoms. The molecule has 2 N–H and O–H groups in total. The summed E-state index contributed by atoms with van der Waals surface area (Å²) in [6.45, 7) is 1.22. The third kappa shape index (κ3) is 1.81. The minimum Gasteiger partial charge on any atom is -0.480 e. The van der Waals surface area contributed by atoms with Crippen LogP contribution in [0.5, 0.6) is 11.8 Å². The molecule has 1 atom stereocenters. The van der Waals surface area contributed by atoms with Crippen LogP contribution in [0.15, 0.2) is 6.20 Å². The molecule has 1 aliphatic heterocycles. The van der Waals surface area contributed by atoms with E-state index in [4.69, 9.17) is 9.47 Å². The van der Waals surface area contributed by atoms with Gasteiger partial charge in [-0.05, 0) is 13.0 Å². The van der Waals surface area contributed by atoms with Crippen LogP contribution >= 0.6 is 0 Å². The van der Waals surface area contributed by atoms with Gasteiger partial charge in [-0.1, -0.05) is 0 Å². The lowest BCUT2D eigenvalue weighted by Gasteiger charge is -2.21. The van der Waals surface area contributed by atoms with E-state index in [1.54, 1.807) is 0 Å². The second-order valence-corrected chi connectivity index (χ2v) is 3.73. The van der Waals surface area contributed by atoms with E-state index in [1.807, 2.05) is 0 Å². The number of aromatic nitrogens is 2. The van der Waals surface area contributed by atoms with Crippen molar-refractivity contribution in [3.05, 3.63) is 11.9 Å². The van der Waals surface area contributed by atoms with E-state index in [0.29, 0.717) is 30.4 Å². The van der Waals surface area contributed by atoms with Gasteiger partial charge in [0.1, 0.15) is 11.3 Å². The third-order valence-corrected chi connectivity index (χ3v) is 2.69. The highest BCUT2D eigenvalue weighted by Gasteiger charge is 2.38. The molecule has 0 aromatic carbocycles. The lowest BCUT2D eigenvalue weighted by atomic mass is 9.99. The number of rotatable bonds is 3. The van der Waals surface area contributed by atoms with Gasteiger partial charge in [0.25, 0.3) is 0 Å². The van der Waals surface area contributed by atoms with E-state index in [1.165, 1.54) is 20.4 Å². The molecule has 1 fully saturated rings. The Morgan fingerprint density at radius 3 is 2.81 bits per heavy atom. The molecule has 1 saturated heterocycles. The molecule has 1 aliphatic rings. The molecule has 0 bridgehead atoms. The van der Waals surface area contributed by atoms with Crippen LogP contribution in [0.4, 0.5) is 0 Å². The SMILES string of the molecule is COc1cnc(C2(O)CCNC2)c(OC)n1. The number of hydrogen-bond acceptors (Lipinski definition) is 6. The molecule has 0 saturated carbocycles. The van der Waals surface area contributed by atoms with Crippen molar-refractivity contribution >= 4 is 0 Å². The monoisotopic (exact) mass is 225 g/mol. The Labute approximate surface area is 93.6 Å². The van der Waals surface area contributed by atoms with Crippen molar-refractivity contribution in [2.45, 2.75) is 12.0 Å². The largest absolute Gasteiger partial charge is 0.480 e. The molecule has 1 unspecified atom stereocenters. The average Bonchev–Trinajstić information content (AvgIpc) is 2.76. The Kier molecular flexibility index (Phi) is 2.93. The van der Waals surface area contributed by atoms with Gasteiger partial charge in [-0.2, -0.15) is 4.98 Å². The number of aliphatic hydroxyl groups is 1. The van der Waals surface area contributed by atoms with Crippen molar-refractivity contribution in [2.24, 2.45) is 0 Å². The number of ether oxygens (including phenoxy) is 2. The van der Waals surface area contributed by atoms with E-state index < -0.39 is 5.60 Å². The average molecular weight is 225 g/mol. The molecule has 88 valence electrons. The van der Waals surface area contributed by atoms with E-state index in [0.717, 1.165) is 6.54 Å². The van der Waals surface area contributed by atoms with Crippen LogP contribution in [0.25, 0.3) is 0 Å². The highest BCUT2D eigenvalue weighted by Crippen LogP contribution is 2.32. The zero-order chi connectivity index (χ0) is 11.6. The minimum absolute atomic E-state index is 0.311. The van der Waals surface area contributed by atoms with Crippen LogP contribution in [0.2, 0.25) is 0 Å². The summed E-state index contributed by atoms with van der Waals surface area (Å²) in [5.41, 5.74) is -0.536. The van der Waals surface area contributed by atoms with Crippen LogP contribution in [-0.4, -0.2) is 42.4 Å². The lowest BCUT2D eigenvalue weighted by molar-refractivity contribution is 0.0503. The molecular weight excluding hydrogens is 210 g/mol. The van der Waals surface area contributed by atoms with E-state index in [9.17, 15) is 5.11 Å². The normalized spacial score (nSPS) is 24.4. The second kappa shape index (κ2) is 4.23. The minimum atomic E-state index is -0.995. The predicted octanol–water partition coefficient (Wildman–Crippen LogP) is -0.325. The predicted molar refractivity (Wildman–Crippen MR) is 56.5 cm³/mol. The quantitative estimate of drug-likeness (QED) is 0.734. The zero-order valence-electron chi connectivity index (χ0n) is 9.36. The summed E-state index contributed by atoms with van der Waals surface area (Å²) in [5.74, 6) is 0.681. The Morgan fingerprint density at radius 2 is 2.25 bits per heavy atom. The molecule has 6 nitrogen and oxygen atoms in total. The molecule has 0 radical (unpaired) electrons. The fraction of sp³-hybridized carbons (Fsp3) is 0.600. The van der Waals surface area contributed by atoms with Crippen molar-refractivity contribution in [3.63, 3.8) is 0 Å². The standard InChI is InChI=1S/C10H15N3O3/c1-15-7-5-12-8(9(13-7)16-2)10(14)3-4-11-6-10/h5,11,14H,3-4,6H2,1-2H3.